The van der Waals surface area contributed by atoms with E-state index in [1.807, 2.05) is 69.4 Å². The zero-order valence-electron chi connectivity index (χ0n) is 16.6. The van der Waals surface area contributed by atoms with Gasteiger partial charge in [-0.3, -0.25) is 9.48 Å². The van der Waals surface area contributed by atoms with Gasteiger partial charge in [0.25, 0.3) is 5.91 Å². The first-order chi connectivity index (χ1) is 13.5. The highest BCUT2D eigenvalue weighted by atomic mass is 16.5. The molecule has 0 aliphatic carbocycles. The van der Waals surface area contributed by atoms with E-state index in [1.54, 1.807) is 18.0 Å². The van der Waals surface area contributed by atoms with E-state index in [0.29, 0.717) is 12.2 Å². The summed E-state index contributed by atoms with van der Waals surface area (Å²) < 4.78 is 12.7. The largest absolute Gasteiger partial charge is 0.497 e. The minimum atomic E-state index is -0.113. The molecule has 1 heterocycles. The fourth-order valence-electron chi connectivity index (χ4n) is 2.89. The molecule has 2 aromatic carbocycles. The molecule has 3 aromatic rings. The summed E-state index contributed by atoms with van der Waals surface area (Å²) in [6, 6.07) is 14.7. The molecule has 0 saturated heterocycles. The summed E-state index contributed by atoms with van der Waals surface area (Å²) in [5, 5.41) is 7.25. The molecule has 0 saturated carbocycles. The Morgan fingerprint density at radius 1 is 1.11 bits per heavy atom. The van der Waals surface area contributed by atoms with Crippen LogP contribution in [0.5, 0.6) is 11.5 Å². The van der Waals surface area contributed by atoms with E-state index < -0.39 is 0 Å². The highest BCUT2D eigenvalue weighted by Gasteiger charge is 2.15. The molecule has 0 spiro atoms. The smallest absolute Gasteiger partial charge is 0.251 e. The highest BCUT2D eigenvalue weighted by Crippen LogP contribution is 2.19. The first-order valence-electron chi connectivity index (χ1n) is 9.13. The Morgan fingerprint density at radius 3 is 2.32 bits per heavy atom. The summed E-state index contributed by atoms with van der Waals surface area (Å²) in [4.78, 5) is 12.5. The second kappa shape index (κ2) is 8.61. The quantitative estimate of drug-likeness (QED) is 0.678. The van der Waals surface area contributed by atoms with Crippen molar-refractivity contribution in [3.05, 3.63) is 77.1 Å². The second-order valence-corrected chi connectivity index (χ2v) is 6.67. The number of carbonyl (C=O) groups is 1. The van der Waals surface area contributed by atoms with Crippen molar-refractivity contribution >= 4 is 5.91 Å². The maximum absolute atomic E-state index is 12.5. The number of aromatic nitrogens is 2. The van der Waals surface area contributed by atoms with Crippen molar-refractivity contribution in [2.24, 2.45) is 7.05 Å². The Hall–Kier alpha value is -3.28. The van der Waals surface area contributed by atoms with Crippen molar-refractivity contribution in [3.8, 4) is 11.5 Å². The molecule has 146 valence electrons. The molecular formula is C22H25N3O3. The van der Waals surface area contributed by atoms with E-state index in [0.717, 1.165) is 28.3 Å². The molecule has 28 heavy (non-hydrogen) atoms. The van der Waals surface area contributed by atoms with Gasteiger partial charge >= 0.3 is 0 Å². The van der Waals surface area contributed by atoms with Crippen molar-refractivity contribution in [1.82, 2.24) is 15.1 Å². The van der Waals surface area contributed by atoms with Crippen LogP contribution in [0.2, 0.25) is 0 Å². The van der Waals surface area contributed by atoms with Gasteiger partial charge < -0.3 is 14.8 Å². The van der Waals surface area contributed by atoms with Crippen LogP contribution in [-0.2, 0) is 13.7 Å². The van der Waals surface area contributed by atoms with Gasteiger partial charge in [-0.2, -0.15) is 5.10 Å². The van der Waals surface area contributed by atoms with Crippen LogP contribution in [0.15, 0.2) is 54.7 Å². The van der Waals surface area contributed by atoms with Gasteiger partial charge in [0, 0.05) is 23.9 Å². The highest BCUT2D eigenvalue weighted by molar-refractivity contribution is 5.94. The van der Waals surface area contributed by atoms with Gasteiger partial charge in [0.1, 0.15) is 18.1 Å². The van der Waals surface area contributed by atoms with Crippen LogP contribution in [0.3, 0.4) is 0 Å². The molecule has 1 atom stereocenters. The standard InChI is InChI=1S/C22H25N3O3/c1-15(21-13-23-25(3)16(21)2)24-22(26)18-7-5-17(6-8-18)14-28-20-11-9-19(27-4)10-12-20/h5-13,15H,14H2,1-4H3,(H,24,26). The lowest BCUT2D eigenvalue weighted by atomic mass is 10.1. The Kier molecular flexibility index (Phi) is 5.99. The van der Waals surface area contributed by atoms with Gasteiger partial charge in [-0.25, -0.2) is 0 Å². The van der Waals surface area contributed by atoms with Crippen LogP contribution in [0.4, 0.5) is 0 Å². The molecule has 6 heteroatoms. The molecule has 0 radical (unpaired) electrons. The van der Waals surface area contributed by atoms with Gasteiger partial charge in [-0.15, -0.1) is 0 Å². The molecule has 6 nitrogen and oxygen atoms in total. The SMILES string of the molecule is COc1ccc(OCc2ccc(C(=O)NC(C)c3cnn(C)c3C)cc2)cc1. The number of methoxy groups -OCH3 is 1. The van der Waals surface area contributed by atoms with E-state index in [2.05, 4.69) is 10.4 Å². The summed E-state index contributed by atoms with van der Waals surface area (Å²) in [6.07, 6.45) is 1.79. The predicted molar refractivity (Wildman–Crippen MR) is 108 cm³/mol. The van der Waals surface area contributed by atoms with Crippen molar-refractivity contribution < 1.29 is 14.3 Å². The van der Waals surface area contributed by atoms with Crippen molar-refractivity contribution in [2.75, 3.05) is 7.11 Å². The topological polar surface area (TPSA) is 65.4 Å². The van der Waals surface area contributed by atoms with E-state index in [9.17, 15) is 4.79 Å². The zero-order valence-corrected chi connectivity index (χ0v) is 16.6. The first-order valence-corrected chi connectivity index (χ1v) is 9.13. The molecule has 0 fully saturated rings. The van der Waals surface area contributed by atoms with Crippen molar-refractivity contribution in [1.29, 1.82) is 0 Å². The van der Waals surface area contributed by atoms with Crippen LogP contribution < -0.4 is 14.8 Å². The normalized spacial score (nSPS) is 11.7. The van der Waals surface area contributed by atoms with Gasteiger partial charge in [0.15, 0.2) is 0 Å². The fraction of sp³-hybridized carbons (Fsp3) is 0.273. The summed E-state index contributed by atoms with van der Waals surface area (Å²) in [5.74, 6) is 1.44. The monoisotopic (exact) mass is 379 g/mol. The summed E-state index contributed by atoms with van der Waals surface area (Å²) in [6.45, 7) is 4.38. The van der Waals surface area contributed by atoms with Gasteiger partial charge in [0.05, 0.1) is 19.3 Å². The van der Waals surface area contributed by atoms with Crippen molar-refractivity contribution in [3.63, 3.8) is 0 Å². The number of aryl methyl sites for hydroxylation is 1. The molecule has 1 aromatic heterocycles. The number of benzene rings is 2. The Morgan fingerprint density at radius 2 is 1.75 bits per heavy atom. The van der Waals surface area contributed by atoms with Crippen molar-refractivity contribution in [2.45, 2.75) is 26.5 Å². The van der Waals surface area contributed by atoms with E-state index in [4.69, 9.17) is 9.47 Å². The first kappa shape index (κ1) is 19.5. The maximum Gasteiger partial charge on any atom is 0.251 e. The fourth-order valence-corrected chi connectivity index (χ4v) is 2.89. The van der Waals surface area contributed by atoms with Gasteiger partial charge in [-0.1, -0.05) is 12.1 Å². The van der Waals surface area contributed by atoms with Crippen LogP contribution >= 0.6 is 0 Å². The number of nitrogens with zero attached hydrogens (tertiary/aromatic N) is 2. The van der Waals surface area contributed by atoms with Crippen LogP contribution in [0.1, 0.15) is 40.1 Å². The Bertz CT molecular complexity index is 931. The summed E-state index contributed by atoms with van der Waals surface area (Å²) in [7, 11) is 3.52. The van der Waals surface area contributed by atoms with E-state index in [1.165, 1.54) is 0 Å². The number of rotatable bonds is 7. The summed E-state index contributed by atoms with van der Waals surface area (Å²) >= 11 is 0. The molecule has 1 amide bonds. The van der Waals surface area contributed by atoms with E-state index >= 15 is 0 Å². The number of amides is 1. The molecule has 1 N–H and O–H groups in total. The minimum absolute atomic E-state index is 0.112. The van der Waals surface area contributed by atoms with E-state index in [-0.39, 0.29) is 11.9 Å². The third-order valence-electron chi connectivity index (χ3n) is 4.77. The lowest BCUT2D eigenvalue weighted by Crippen LogP contribution is -2.26. The van der Waals surface area contributed by atoms with Gasteiger partial charge in [0.2, 0.25) is 0 Å². The number of carbonyl (C=O) groups excluding carboxylic acids is 1. The van der Waals surface area contributed by atoms with Gasteiger partial charge in [-0.05, 0) is 55.8 Å². The third kappa shape index (κ3) is 4.52. The average Bonchev–Trinajstić information content (AvgIpc) is 3.05. The molecule has 0 bridgehead atoms. The molecule has 3 rings (SSSR count). The average molecular weight is 379 g/mol. The lowest BCUT2D eigenvalue weighted by Gasteiger charge is -2.14. The number of nitrogens with one attached hydrogen (secondary N) is 1. The lowest BCUT2D eigenvalue weighted by molar-refractivity contribution is 0.0939. The van der Waals surface area contributed by atoms with Crippen LogP contribution in [0, 0.1) is 6.92 Å². The molecule has 0 aliphatic heterocycles. The van der Waals surface area contributed by atoms with Crippen LogP contribution in [0.25, 0.3) is 0 Å². The second-order valence-electron chi connectivity index (χ2n) is 6.67. The maximum atomic E-state index is 12.5. The predicted octanol–water partition coefficient (Wildman–Crippen LogP) is 3.81. The third-order valence-corrected chi connectivity index (χ3v) is 4.77. The number of hydrogen-bond donors (Lipinski definition) is 1. The zero-order chi connectivity index (χ0) is 20.1. The minimum Gasteiger partial charge on any atom is -0.497 e. The Balaban J connectivity index is 1.57. The molecule has 1 unspecified atom stereocenters. The molecular weight excluding hydrogens is 354 g/mol. The number of ether oxygens (including phenoxy) is 2. The Labute approximate surface area is 165 Å². The van der Waals surface area contributed by atoms with Crippen LogP contribution in [-0.4, -0.2) is 22.8 Å². The number of hydrogen-bond acceptors (Lipinski definition) is 4. The molecule has 0 aliphatic rings. The summed E-state index contributed by atoms with van der Waals surface area (Å²) in [5.41, 5.74) is 3.66.